The first kappa shape index (κ1) is 11.0. The van der Waals surface area contributed by atoms with Gasteiger partial charge in [-0.1, -0.05) is 11.6 Å². The SMILES string of the molecule is COc1cc2cc(C)c(Cl)nc2cc1OC. The van der Waals surface area contributed by atoms with Crippen molar-refractivity contribution < 1.29 is 9.47 Å². The molecule has 0 unspecified atom stereocenters. The Bertz CT molecular complexity index is 492. The summed E-state index contributed by atoms with van der Waals surface area (Å²) in [6.07, 6.45) is 0. The van der Waals surface area contributed by atoms with Crippen molar-refractivity contribution >= 4 is 22.5 Å². The molecule has 2 rings (SSSR count). The predicted molar refractivity (Wildman–Crippen MR) is 64.6 cm³/mol. The Morgan fingerprint density at radius 1 is 1.06 bits per heavy atom. The van der Waals surface area contributed by atoms with E-state index < -0.39 is 0 Å². The lowest BCUT2D eigenvalue weighted by molar-refractivity contribution is 0.356. The molecule has 0 spiro atoms. The highest BCUT2D eigenvalue weighted by atomic mass is 35.5. The number of methoxy groups -OCH3 is 2. The van der Waals surface area contributed by atoms with Crippen LogP contribution < -0.4 is 9.47 Å². The van der Waals surface area contributed by atoms with E-state index in [1.807, 2.05) is 25.1 Å². The molecule has 3 nitrogen and oxygen atoms in total. The van der Waals surface area contributed by atoms with Crippen molar-refractivity contribution in [3.8, 4) is 11.5 Å². The highest BCUT2D eigenvalue weighted by Crippen LogP contribution is 2.32. The van der Waals surface area contributed by atoms with Gasteiger partial charge in [-0.25, -0.2) is 4.98 Å². The summed E-state index contributed by atoms with van der Waals surface area (Å²) in [7, 11) is 3.21. The van der Waals surface area contributed by atoms with Crippen molar-refractivity contribution in [2.45, 2.75) is 6.92 Å². The van der Waals surface area contributed by atoms with Gasteiger partial charge in [-0.2, -0.15) is 0 Å². The fourth-order valence-electron chi connectivity index (χ4n) is 1.58. The third kappa shape index (κ3) is 1.78. The summed E-state index contributed by atoms with van der Waals surface area (Å²) in [5, 5.41) is 1.50. The molecule has 1 heterocycles. The quantitative estimate of drug-likeness (QED) is 0.752. The van der Waals surface area contributed by atoms with E-state index in [1.54, 1.807) is 14.2 Å². The summed E-state index contributed by atoms with van der Waals surface area (Å²) in [6, 6.07) is 5.69. The third-order valence-electron chi connectivity index (χ3n) is 2.45. The van der Waals surface area contributed by atoms with E-state index in [-0.39, 0.29) is 0 Å². The van der Waals surface area contributed by atoms with E-state index in [2.05, 4.69) is 4.98 Å². The standard InChI is InChI=1S/C12H12ClNO2/c1-7-4-8-5-10(15-2)11(16-3)6-9(8)14-12(7)13/h4-6H,1-3H3. The topological polar surface area (TPSA) is 31.4 Å². The first-order chi connectivity index (χ1) is 7.65. The lowest BCUT2D eigenvalue weighted by Crippen LogP contribution is -1.92. The summed E-state index contributed by atoms with van der Waals surface area (Å²) >= 11 is 5.97. The first-order valence-corrected chi connectivity index (χ1v) is 5.22. The summed E-state index contributed by atoms with van der Waals surface area (Å²) in [5.41, 5.74) is 1.75. The Morgan fingerprint density at radius 2 is 1.69 bits per heavy atom. The second kappa shape index (κ2) is 4.18. The van der Waals surface area contributed by atoms with Crippen LogP contribution in [0.25, 0.3) is 10.9 Å². The molecule has 16 heavy (non-hydrogen) atoms. The molecular weight excluding hydrogens is 226 g/mol. The monoisotopic (exact) mass is 237 g/mol. The number of fused-ring (bicyclic) bond motifs is 1. The van der Waals surface area contributed by atoms with Gasteiger partial charge in [0.15, 0.2) is 11.5 Å². The molecule has 0 aliphatic carbocycles. The predicted octanol–water partition coefficient (Wildman–Crippen LogP) is 3.21. The molecule has 1 aromatic heterocycles. The normalized spacial score (nSPS) is 10.5. The van der Waals surface area contributed by atoms with Gasteiger partial charge in [-0.05, 0) is 24.6 Å². The van der Waals surface area contributed by atoms with Gasteiger partial charge in [0.05, 0.1) is 19.7 Å². The average Bonchev–Trinajstić information content (AvgIpc) is 2.29. The van der Waals surface area contributed by atoms with Crippen LogP contribution in [0.5, 0.6) is 11.5 Å². The minimum Gasteiger partial charge on any atom is -0.493 e. The van der Waals surface area contributed by atoms with Crippen molar-refractivity contribution in [3.05, 3.63) is 28.9 Å². The Balaban J connectivity index is 2.73. The van der Waals surface area contributed by atoms with Crippen molar-refractivity contribution in [3.63, 3.8) is 0 Å². The first-order valence-electron chi connectivity index (χ1n) is 4.84. The van der Waals surface area contributed by atoms with Crippen LogP contribution in [0.4, 0.5) is 0 Å². The highest BCUT2D eigenvalue weighted by Gasteiger charge is 2.08. The lowest BCUT2D eigenvalue weighted by atomic mass is 10.1. The second-order valence-corrected chi connectivity index (χ2v) is 3.85. The van der Waals surface area contributed by atoms with E-state index in [0.29, 0.717) is 16.7 Å². The molecule has 84 valence electrons. The van der Waals surface area contributed by atoms with Gasteiger partial charge in [-0.15, -0.1) is 0 Å². The molecule has 0 bridgehead atoms. The molecule has 0 amide bonds. The molecule has 0 N–H and O–H groups in total. The zero-order valence-corrected chi connectivity index (χ0v) is 10.1. The number of ether oxygens (including phenoxy) is 2. The van der Waals surface area contributed by atoms with Crippen molar-refractivity contribution in [2.75, 3.05) is 14.2 Å². The number of pyridine rings is 1. The highest BCUT2D eigenvalue weighted by molar-refractivity contribution is 6.30. The molecular formula is C12H12ClNO2. The number of hydrogen-bond donors (Lipinski definition) is 0. The van der Waals surface area contributed by atoms with Crippen molar-refractivity contribution in [1.82, 2.24) is 4.98 Å². The van der Waals surface area contributed by atoms with Crippen LogP contribution in [0, 0.1) is 6.92 Å². The van der Waals surface area contributed by atoms with Crippen LogP contribution in [0.2, 0.25) is 5.15 Å². The molecule has 0 atom stereocenters. The van der Waals surface area contributed by atoms with Crippen LogP contribution in [0.1, 0.15) is 5.56 Å². The number of halogens is 1. The van der Waals surface area contributed by atoms with E-state index in [0.717, 1.165) is 16.5 Å². The van der Waals surface area contributed by atoms with E-state index >= 15 is 0 Å². The zero-order chi connectivity index (χ0) is 11.7. The van der Waals surface area contributed by atoms with Gasteiger partial charge < -0.3 is 9.47 Å². The minimum atomic E-state index is 0.514. The number of hydrogen-bond acceptors (Lipinski definition) is 3. The van der Waals surface area contributed by atoms with Gasteiger partial charge in [0.2, 0.25) is 0 Å². The van der Waals surface area contributed by atoms with Gasteiger partial charge in [-0.3, -0.25) is 0 Å². The Kier molecular flexibility index (Phi) is 2.88. The summed E-state index contributed by atoms with van der Waals surface area (Å²) < 4.78 is 10.4. The van der Waals surface area contributed by atoms with Crippen LogP contribution >= 0.6 is 11.6 Å². The smallest absolute Gasteiger partial charge is 0.162 e. The fourth-order valence-corrected chi connectivity index (χ4v) is 1.73. The van der Waals surface area contributed by atoms with Crippen LogP contribution in [0.3, 0.4) is 0 Å². The molecule has 0 saturated heterocycles. The molecule has 0 radical (unpaired) electrons. The van der Waals surface area contributed by atoms with Gasteiger partial charge in [0.25, 0.3) is 0 Å². The Morgan fingerprint density at radius 3 is 2.31 bits per heavy atom. The number of aromatic nitrogens is 1. The molecule has 0 fully saturated rings. The average molecular weight is 238 g/mol. The lowest BCUT2D eigenvalue weighted by Gasteiger charge is -2.09. The molecule has 2 aromatic rings. The van der Waals surface area contributed by atoms with Crippen molar-refractivity contribution in [2.24, 2.45) is 0 Å². The van der Waals surface area contributed by atoms with Crippen LogP contribution in [-0.4, -0.2) is 19.2 Å². The molecule has 1 aromatic carbocycles. The van der Waals surface area contributed by atoms with E-state index in [4.69, 9.17) is 21.1 Å². The Labute approximate surface area is 99.0 Å². The third-order valence-corrected chi connectivity index (χ3v) is 2.83. The Hall–Kier alpha value is -1.48. The van der Waals surface area contributed by atoms with Crippen LogP contribution in [-0.2, 0) is 0 Å². The van der Waals surface area contributed by atoms with Crippen molar-refractivity contribution in [1.29, 1.82) is 0 Å². The maximum absolute atomic E-state index is 5.97. The van der Waals surface area contributed by atoms with E-state index in [1.165, 1.54) is 0 Å². The number of nitrogens with zero attached hydrogens (tertiary/aromatic N) is 1. The molecule has 4 heteroatoms. The second-order valence-electron chi connectivity index (χ2n) is 3.50. The van der Waals surface area contributed by atoms with E-state index in [9.17, 15) is 0 Å². The number of benzene rings is 1. The summed E-state index contributed by atoms with van der Waals surface area (Å²) in [5.74, 6) is 1.35. The maximum Gasteiger partial charge on any atom is 0.162 e. The molecule has 0 aliphatic rings. The number of aryl methyl sites for hydroxylation is 1. The van der Waals surface area contributed by atoms with Gasteiger partial charge in [0.1, 0.15) is 5.15 Å². The van der Waals surface area contributed by atoms with Crippen LogP contribution in [0.15, 0.2) is 18.2 Å². The maximum atomic E-state index is 5.97. The molecule has 0 saturated carbocycles. The fraction of sp³-hybridized carbons (Fsp3) is 0.250. The van der Waals surface area contributed by atoms with Gasteiger partial charge in [0, 0.05) is 11.5 Å². The van der Waals surface area contributed by atoms with Gasteiger partial charge >= 0.3 is 0 Å². The number of rotatable bonds is 2. The largest absolute Gasteiger partial charge is 0.493 e. The molecule has 0 aliphatic heterocycles. The summed E-state index contributed by atoms with van der Waals surface area (Å²) in [4.78, 5) is 4.29. The zero-order valence-electron chi connectivity index (χ0n) is 9.37. The minimum absolute atomic E-state index is 0.514. The summed E-state index contributed by atoms with van der Waals surface area (Å²) in [6.45, 7) is 1.92.